The molecule has 0 aromatic carbocycles. The molecular weight excluding hydrogens is 304 g/mol. The molecule has 1 aliphatic heterocycles. The lowest BCUT2D eigenvalue weighted by Gasteiger charge is -2.28. The lowest BCUT2D eigenvalue weighted by molar-refractivity contribution is 0.400. The zero-order valence-corrected chi connectivity index (χ0v) is 13.4. The van der Waals surface area contributed by atoms with Gasteiger partial charge >= 0.3 is 0 Å². The average molecular weight is 322 g/mol. The quantitative estimate of drug-likeness (QED) is 0.785. The van der Waals surface area contributed by atoms with E-state index in [0.29, 0.717) is 18.0 Å². The fourth-order valence-electron chi connectivity index (χ4n) is 3.53. The summed E-state index contributed by atoms with van der Waals surface area (Å²) in [7, 11) is 1.63. The van der Waals surface area contributed by atoms with E-state index in [2.05, 4.69) is 20.3 Å². The van der Waals surface area contributed by atoms with Gasteiger partial charge in [0.15, 0.2) is 5.65 Å². The van der Waals surface area contributed by atoms with Crippen LogP contribution in [0.5, 0.6) is 5.88 Å². The van der Waals surface area contributed by atoms with Gasteiger partial charge in [-0.15, -0.1) is 0 Å². The van der Waals surface area contributed by atoms with Crippen LogP contribution in [0.15, 0.2) is 36.8 Å². The van der Waals surface area contributed by atoms with Crippen LogP contribution in [-0.4, -0.2) is 51.9 Å². The topological polar surface area (TPSA) is 67.6 Å². The van der Waals surface area contributed by atoms with E-state index in [1.165, 1.54) is 6.42 Å². The summed E-state index contributed by atoms with van der Waals surface area (Å²) in [6, 6.07) is 7.13. The number of pyridine rings is 1. The molecule has 24 heavy (non-hydrogen) atoms. The molecule has 2 atom stereocenters. The van der Waals surface area contributed by atoms with Crippen LogP contribution in [0.3, 0.4) is 0 Å². The van der Waals surface area contributed by atoms with Crippen molar-refractivity contribution in [2.45, 2.75) is 18.5 Å². The van der Waals surface area contributed by atoms with Gasteiger partial charge in [0, 0.05) is 43.1 Å². The van der Waals surface area contributed by atoms with Gasteiger partial charge in [0.1, 0.15) is 5.82 Å². The summed E-state index contributed by atoms with van der Waals surface area (Å²) >= 11 is 0. The Morgan fingerprint density at radius 2 is 2.25 bits per heavy atom. The highest BCUT2D eigenvalue weighted by molar-refractivity contribution is 5.80. The number of methoxy groups -OCH3 is 1. The maximum atomic E-state index is 5.39. The molecule has 1 saturated carbocycles. The normalized spacial score (nSPS) is 22.5. The molecule has 0 spiro atoms. The van der Waals surface area contributed by atoms with Gasteiger partial charge in [-0.1, -0.05) is 0 Å². The lowest BCUT2D eigenvalue weighted by atomic mass is 10.1. The van der Waals surface area contributed by atoms with Crippen LogP contribution >= 0.6 is 0 Å². The number of nitrogens with one attached hydrogen (secondary N) is 1. The summed E-state index contributed by atoms with van der Waals surface area (Å²) in [5.41, 5.74) is 2.67. The second kappa shape index (κ2) is 5.17. The number of piperazine rings is 1. The van der Waals surface area contributed by atoms with Crippen LogP contribution < -0.4 is 15.0 Å². The van der Waals surface area contributed by atoms with Gasteiger partial charge in [-0.05, 0) is 24.6 Å². The van der Waals surface area contributed by atoms with Gasteiger partial charge in [-0.25, -0.2) is 14.5 Å². The minimum Gasteiger partial charge on any atom is -0.481 e. The average Bonchev–Trinajstić information content (AvgIpc) is 3.32. The van der Waals surface area contributed by atoms with E-state index in [9.17, 15) is 0 Å². The molecule has 7 heteroatoms. The Labute approximate surface area is 139 Å². The molecular formula is C17H18N6O. The monoisotopic (exact) mass is 322 g/mol. The van der Waals surface area contributed by atoms with Crippen LogP contribution in [0.1, 0.15) is 6.42 Å². The third kappa shape index (κ3) is 2.05. The van der Waals surface area contributed by atoms with E-state index in [1.54, 1.807) is 17.8 Å². The summed E-state index contributed by atoms with van der Waals surface area (Å²) in [5, 5.41) is 7.95. The van der Waals surface area contributed by atoms with Crippen LogP contribution in [0.4, 0.5) is 5.82 Å². The van der Waals surface area contributed by atoms with Crippen LogP contribution in [-0.2, 0) is 0 Å². The van der Waals surface area contributed by atoms with Crippen molar-refractivity contribution in [2.75, 3.05) is 25.1 Å². The Morgan fingerprint density at radius 1 is 1.29 bits per heavy atom. The number of nitrogens with zero attached hydrogens (tertiary/aromatic N) is 5. The van der Waals surface area contributed by atoms with Crippen LogP contribution in [0, 0.1) is 0 Å². The van der Waals surface area contributed by atoms with Crippen LogP contribution in [0.2, 0.25) is 0 Å². The Bertz CT molecular complexity index is 907. The minimum atomic E-state index is 0.577. The van der Waals surface area contributed by atoms with Gasteiger partial charge in [0.2, 0.25) is 5.88 Å². The van der Waals surface area contributed by atoms with E-state index < -0.39 is 0 Å². The minimum absolute atomic E-state index is 0.577. The Hall–Kier alpha value is -2.67. The van der Waals surface area contributed by atoms with E-state index >= 15 is 0 Å². The maximum Gasteiger partial charge on any atom is 0.221 e. The molecule has 0 amide bonds. The Balaban J connectivity index is 1.61. The predicted octanol–water partition coefficient (Wildman–Crippen LogP) is 1.35. The fourth-order valence-corrected chi connectivity index (χ4v) is 3.53. The molecule has 0 radical (unpaired) electrons. The molecule has 5 rings (SSSR count). The van der Waals surface area contributed by atoms with Crippen molar-refractivity contribution in [2.24, 2.45) is 0 Å². The van der Waals surface area contributed by atoms with E-state index in [1.807, 2.05) is 30.6 Å². The number of hydrogen-bond donors (Lipinski definition) is 1. The molecule has 4 heterocycles. The fraction of sp³-hybridized carbons (Fsp3) is 0.353. The number of ether oxygens (including phenoxy) is 1. The van der Waals surface area contributed by atoms with Gasteiger partial charge in [0.05, 0.1) is 18.9 Å². The summed E-state index contributed by atoms with van der Waals surface area (Å²) in [6.07, 6.45) is 6.73. The maximum absolute atomic E-state index is 5.39. The second-order valence-corrected chi connectivity index (χ2v) is 6.23. The van der Waals surface area contributed by atoms with Gasteiger partial charge in [0.25, 0.3) is 0 Å². The number of anilines is 1. The van der Waals surface area contributed by atoms with Crippen molar-refractivity contribution in [1.82, 2.24) is 24.9 Å². The molecule has 3 aromatic heterocycles. The lowest BCUT2D eigenvalue weighted by Crippen LogP contribution is -2.44. The first-order valence-electron chi connectivity index (χ1n) is 8.19. The SMILES string of the molecule is COc1ncccc1-c1cnn2ccc(N3CCNC4CC43)nc12. The van der Waals surface area contributed by atoms with Gasteiger partial charge < -0.3 is 15.0 Å². The summed E-state index contributed by atoms with van der Waals surface area (Å²) in [6.45, 7) is 2.00. The van der Waals surface area contributed by atoms with E-state index in [4.69, 9.17) is 9.72 Å². The molecule has 2 unspecified atom stereocenters. The molecule has 3 aromatic rings. The third-order valence-corrected chi connectivity index (χ3v) is 4.82. The first-order valence-corrected chi connectivity index (χ1v) is 8.19. The molecule has 1 aliphatic carbocycles. The summed E-state index contributed by atoms with van der Waals surface area (Å²) in [4.78, 5) is 11.6. The predicted molar refractivity (Wildman–Crippen MR) is 90.3 cm³/mol. The van der Waals surface area contributed by atoms with Crippen molar-refractivity contribution < 1.29 is 4.74 Å². The van der Waals surface area contributed by atoms with E-state index in [0.717, 1.165) is 35.7 Å². The number of hydrogen-bond acceptors (Lipinski definition) is 6. The highest BCUT2D eigenvalue weighted by Crippen LogP contribution is 2.35. The number of rotatable bonds is 3. The van der Waals surface area contributed by atoms with E-state index in [-0.39, 0.29) is 0 Å². The second-order valence-electron chi connectivity index (χ2n) is 6.23. The van der Waals surface area contributed by atoms with Crippen molar-refractivity contribution in [3.8, 4) is 17.0 Å². The zero-order valence-electron chi connectivity index (χ0n) is 13.4. The zero-order chi connectivity index (χ0) is 16.1. The van der Waals surface area contributed by atoms with Gasteiger partial charge in [-0.2, -0.15) is 5.10 Å². The molecule has 2 fully saturated rings. The van der Waals surface area contributed by atoms with Crippen molar-refractivity contribution in [1.29, 1.82) is 0 Å². The number of fused-ring (bicyclic) bond motifs is 2. The molecule has 122 valence electrons. The Kier molecular flexibility index (Phi) is 2.96. The third-order valence-electron chi connectivity index (χ3n) is 4.82. The Morgan fingerprint density at radius 3 is 3.17 bits per heavy atom. The first kappa shape index (κ1) is 13.7. The summed E-state index contributed by atoms with van der Waals surface area (Å²) in [5.74, 6) is 1.60. The molecule has 1 N–H and O–H groups in total. The molecule has 1 saturated heterocycles. The van der Waals surface area contributed by atoms with Gasteiger partial charge in [-0.3, -0.25) is 0 Å². The van der Waals surface area contributed by atoms with Crippen molar-refractivity contribution in [3.05, 3.63) is 36.8 Å². The number of aromatic nitrogens is 4. The summed E-state index contributed by atoms with van der Waals surface area (Å²) < 4.78 is 7.20. The highest BCUT2D eigenvalue weighted by atomic mass is 16.5. The largest absolute Gasteiger partial charge is 0.481 e. The van der Waals surface area contributed by atoms with Crippen molar-refractivity contribution in [3.63, 3.8) is 0 Å². The molecule has 7 nitrogen and oxygen atoms in total. The molecule has 0 bridgehead atoms. The van der Waals surface area contributed by atoms with Crippen molar-refractivity contribution >= 4 is 11.5 Å². The smallest absolute Gasteiger partial charge is 0.221 e. The first-order chi connectivity index (χ1) is 11.8. The van der Waals surface area contributed by atoms with Crippen LogP contribution in [0.25, 0.3) is 16.8 Å². The standard InChI is InChI=1S/C17H18N6O/c1-24-17-11(3-2-5-19-17)12-10-20-23-7-4-15(21-16(12)23)22-8-6-18-13-9-14(13)22/h2-5,7,10,13-14,18H,6,8-9H2,1H3. The highest BCUT2D eigenvalue weighted by Gasteiger charge is 2.44. The molecule has 2 aliphatic rings.